The van der Waals surface area contributed by atoms with Gasteiger partial charge in [-0.1, -0.05) is 6.07 Å². The second kappa shape index (κ2) is 3.25. The van der Waals surface area contributed by atoms with E-state index >= 15 is 0 Å². The van der Waals surface area contributed by atoms with Crippen LogP contribution in [0.2, 0.25) is 0 Å². The molecule has 5 rings (SSSR count). The number of fused-ring (bicyclic) bond motifs is 7. The molecule has 1 aliphatic heterocycles. The van der Waals surface area contributed by atoms with Crippen molar-refractivity contribution in [2.45, 2.75) is 6.54 Å². The normalized spacial score (nSPS) is 15.9. The maximum absolute atomic E-state index is 7.91. The van der Waals surface area contributed by atoms with Crippen LogP contribution in [0, 0.1) is 0 Å². The second-order valence-electron chi connectivity index (χ2n) is 4.86. The molecule has 1 aliphatic rings. The van der Waals surface area contributed by atoms with Crippen molar-refractivity contribution >= 4 is 22.3 Å². The molecule has 0 fully saturated rings. The fourth-order valence-corrected chi connectivity index (χ4v) is 2.91. The van der Waals surface area contributed by atoms with Crippen molar-refractivity contribution < 1.29 is 13.1 Å². The van der Waals surface area contributed by atoms with E-state index in [1.807, 2.05) is 16.7 Å². The summed E-state index contributed by atoms with van der Waals surface area (Å²) in [6.07, 6.45) is 3.34. The Hall–Kier alpha value is -2.69. The molecule has 96 valence electrons. The number of oxazole rings is 1. The fraction of sp³-hybridized carbons (Fsp3) is 0.133. The number of aromatic nitrogens is 4. The Balaban J connectivity index is 1.97. The van der Waals surface area contributed by atoms with Crippen LogP contribution in [0.3, 0.4) is 0 Å². The summed E-state index contributed by atoms with van der Waals surface area (Å²) in [6.45, 7) is -1.78. The van der Waals surface area contributed by atoms with Crippen molar-refractivity contribution in [2.75, 3.05) is 0 Å². The van der Waals surface area contributed by atoms with Gasteiger partial charge in [-0.25, -0.2) is 14.5 Å². The van der Waals surface area contributed by atoms with Gasteiger partial charge in [-0.3, -0.25) is 0 Å². The van der Waals surface area contributed by atoms with Crippen LogP contribution in [0.4, 0.5) is 0 Å². The summed E-state index contributed by atoms with van der Waals surface area (Å²) < 4.78 is 32.9. The fourth-order valence-electron chi connectivity index (χ4n) is 2.91. The van der Waals surface area contributed by atoms with Crippen LogP contribution >= 0.6 is 0 Å². The molecule has 0 bridgehead atoms. The largest absolute Gasteiger partial charge is 0.410 e. The highest BCUT2D eigenvalue weighted by Gasteiger charge is 2.35. The van der Waals surface area contributed by atoms with Crippen molar-refractivity contribution in [3.05, 3.63) is 42.2 Å². The predicted octanol–water partition coefficient (Wildman–Crippen LogP) is 2.03. The molecule has 0 atom stereocenters. The predicted molar refractivity (Wildman–Crippen MR) is 73.0 cm³/mol. The maximum Gasteiger partial charge on any atom is 0.331 e. The van der Waals surface area contributed by atoms with Crippen molar-refractivity contribution in [3.63, 3.8) is 0 Å². The van der Waals surface area contributed by atoms with Crippen LogP contribution in [0.1, 0.15) is 9.68 Å². The third-order valence-electron chi connectivity index (χ3n) is 3.78. The van der Waals surface area contributed by atoms with Crippen LogP contribution in [-0.2, 0) is 13.5 Å². The highest BCUT2D eigenvalue weighted by atomic mass is 16.4. The molecule has 0 amide bonds. The van der Waals surface area contributed by atoms with Gasteiger partial charge in [0.25, 0.3) is 5.58 Å². The van der Waals surface area contributed by atoms with Crippen molar-refractivity contribution in [1.29, 1.82) is 0 Å². The molecule has 0 aromatic carbocycles. The van der Waals surface area contributed by atoms with Gasteiger partial charge < -0.3 is 4.42 Å². The Labute approximate surface area is 118 Å². The minimum Gasteiger partial charge on any atom is -0.410 e. The topological polar surface area (TPSA) is 47.7 Å². The average Bonchev–Trinajstić information content (AvgIpc) is 3.13. The van der Waals surface area contributed by atoms with Crippen molar-refractivity contribution in [3.8, 4) is 11.6 Å². The van der Waals surface area contributed by atoms with E-state index in [1.54, 1.807) is 24.5 Å². The van der Waals surface area contributed by atoms with Crippen LogP contribution in [0.5, 0.6) is 0 Å². The first-order valence-electron chi connectivity index (χ1n) is 7.82. The molecule has 0 saturated heterocycles. The molecule has 0 unspecified atom stereocenters. The Morgan fingerprint density at radius 2 is 2.20 bits per heavy atom. The molecule has 4 aromatic rings. The van der Waals surface area contributed by atoms with E-state index in [9.17, 15) is 0 Å². The minimum absolute atomic E-state index is 0.489. The van der Waals surface area contributed by atoms with Gasteiger partial charge in [-0.15, -0.1) is 0 Å². The standard InChI is InChI=1S/C15H11N4O/c1-18-10-5-3-7-17-12(10)13-14(18)19-8-9-4-2-6-16-11(9)15(19)20-13/h2-7H,8H2,1H3/q+1/i1D3. The van der Waals surface area contributed by atoms with E-state index in [1.165, 1.54) is 4.57 Å². The number of hydrogen-bond acceptors (Lipinski definition) is 3. The summed E-state index contributed by atoms with van der Waals surface area (Å²) in [5.41, 5.74) is 3.88. The first-order chi connectivity index (χ1) is 11.1. The summed E-state index contributed by atoms with van der Waals surface area (Å²) in [5.74, 6) is 0.580. The second-order valence-corrected chi connectivity index (χ2v) is 4.86. The van der Waals surface area contributed by atoms with Gasteiger partial charge in [0.1, 0.15) is 6.54 Å². The van der Waals surface area contributed by atoms with Gasteiger partial charge in [0.2, 0.25) is 0 Å². The summed E-state index contributed by atoms with van der Waals surface area (Å²) in [5, 5.41) is 0. The summed E-state index contributed by atoms with van der Waals surface area (Å²) in [6, 6.07) is 7.31. The van der Waals surface area contributed by atoms with Crippen LogP contribution in [0.15, 0.2) is 41.1 Å². The van der Waals surface area contributed by atoms with E-state index < -0.39 is 6.98 Å². The number of nitrogens with zero attached hydrogens (tertiary/aromatic N) is 4. The lowest BCUT2D eigenvalue weighted by Crippen LogP contribution is -2.32. The quantitative estimate of drug-likeness (QED) is 0.403. The van der Waals surface area contributed by atoms with E-state index in [2.05, 4.69) is 9.97 Å². The zero-order valence-electron chi connectivity index (χ0n) is 13.4. The lowest BCUT2D eigenvalue weighted by Gasteiger charge is -1.91. The number of rotatable bonds is 0. The number of aryl methyl sites for hydroxylation is 1. The first kappa shape index (κ1) is 7.79. The van der Waals surface area contributed by atoms with Crippen LogP contribution in [-0.4, -0.2) is 14.5 Å². The zero-order chi connectivity index (χ0) is 15.8. The van der Waals surface area contributed by atoms with Crippen LogP contribution < -0.4 is 4.57 Å². The maximum atomic E-state index is 7.91. The SMILES string of the molecule is [2H]C([2H])([2H])n1c2cccnc2c2oc3[n+](c21)Cc1cccnc1-3. The van der Waals surface area contributed by atoms with Crippen LogP contribution in [0.25, 0.3) is 33.8 Å². The van der Waals surface area contributed by atoms with Crippen molar-refractivity contribution in [1.82, 2.24) is 14.5 Å². The van der Waals surface area contributed by atoms with E-state index in [0.29, 0.717) is 34.7 Å². The monoisotopic (exact) mass is 266 g/mol. The molecule has 5 heteroatoms. The molecule has 20 heavy (non-hydrogen) atoms. The molecular formula is C15H11N4O+. The first-order valence-corrected chi connectivity index (χ1v) is 6.32. The minimum atomic E-state index is -2.32. The Bertz CT molecular complexity index is 1090. The highest BCUT2D eigenvalue weighted by Crippen LogP contribution is 2.33. The molecule has 0 spiro atoms. The van der Waals surface area contributed by atoms with Crippen molar-refractivity contribution in [2.24, 2.45) is 6.98 Å². The summed E-state index contributed by atoms with van der Waals surface area (Å²) >= 11 is 0. The highest BCUT2D eigenvalue weighted by molar-refractivity contribution is 5.99. The van der Waals surface area contributed by atoms with E-state index in [4.69, 9.17) is 8.53 Å². The molecular weight excluding hydrogens is 252 g/mol. The third-order valence-corrected chi connectivity index (χ3v) is 3.78. The third kappa shape index (κ3) is 1.02. The summed E-state index contributed by atoms with van der Waals surface area (Å²) in [4.78, 5) is 8.68. The lowest BCUT2D eigenvalue weighted by molar-refractivity contribution is -0.652. The van der Waals surface area contributed by atoms with E-state index in [-0.39, 0.29) is 0 Å². The molecule has 0 saturated carbocycles. The lowest BCUT2D eigenvalue weighted by atomic mass is 10.2. The molecule has 4 aromatic heterocycles. The van der Waals surface area contributed by atoms with Gasteiger partial charge in [0, 0.05) is 18.0 Å². The smallest absolute Gasteiger partial charge is 0.331 e. The summed E-state index contributed by atoms with van der Waals surface area (Å²) in [7, 11) is 0. The molecule has 5 nitrogen and oxygen atoms in total. The van der Waals surface area contributed by atoms with Gasteiger partial charge in [-0.05, 0) is 18.2 Å². The zero-order valence-corrected chi connectivity index (χ0v) is 10.4. The van der Waals surface area contributed by atoms with Gasteiger partial charge in [-0.2, -0.15) is 4.57 Å². The van der Waals surface area contributed by atoms with Gasteiger partial charge >= 0.3 is 11.5 Å². The average molecular weight is 266 g/mol. The molecule has 0 N–H and O–H groups in total. The molecule has 0 radical (unpaired) electrons. The number of pyridine rings is 2. The Morgan fingerprint density at radius 1 is 1.30 bits per heavy atom. The Kier molecular flexibility index (Phi) is 1.27. The number of hydrogen-bond donors (Lipinski definition) is 0. The molecule has 0 aliphatic carbocycles. The van der Waals surface area contributed by atoms with Gasteiger partial charge in [0.05, 0.1) is 11.1 Å². The van der Waals surface area contributed by atoms with Gasteiger partial charge in [0.15, 0.2) is 16.7 Å². The Morgan fingerprint density at radius 3 is 3.15 bits per heavy atom. The molecule has 5 heterocycles. The van der Waals surface area contributed by atoms with E-state index in [0.717, 1.165) is 11.3 Å².